The van der Waals surface area contributed by atoms with E-state index < -0.39 is 15.8 Å². The molecule has 7 heteroatoms. The predicted octanol–water partition coefficient (Wildman–Crippen LogP) is 2.84. The fourth-order valence-corrected chi connectivity index (χ4v) is 4.65. The first kappa shape index (κ1) is 15.3. The number of pyridine rings is 1. The Bertz CT molecular complexity index is 1010. The van der Waals surface area contributed by atoms with Gasteiger partial charge in [-0.05, 0) is 43.7 Å². The zero-order valence-corrected chi connectivity index (χ0v) is 13.6. The van der Waals surface area contributed by atoms with Crippen LogP contribution in [0.4, 0.5) is 4.39 Å². The van der Waals surface area contributed by atoms with Gasteiger partial charge in [0.2, 0.25) is 0 Å². The second-order valence-corrected chi connectivity index (χ2v) is 7.62. The molecular formula is C17H16FN3O2S. The van der Waals surface area contributed by atoms with Gasteiger partial charge in [-0.1, -0.05) is 12.1 Å². The van der Waals surface area contributed by atoms with Crippen molar-refractivity contribution in [1.29, 1.82) is 0 Å². The monoisotopic (exact) mass is 345 g/mol. The van der Waals surface area contributed by atoms with Crippen molar-refractivity contribution < 1.29 is 12.8 Å². The Balaban J connectivity index is 1.96. The highest BCUT2D eigenvalue weighted by molar-refractivity contribution is 7.90. The third-order valence-corrected chi connectivity index (χ3v) is 6.07. The summed E-state index contributed by atoms with van der Waals surface area (Å²) in [7, 11) is -4.03. The minimum atomic E-state index is -4.03. The molecule has 124 valence electrons. The van der Waals surface area contributed by atoms with E-state index in [0.29, 0.717) is 11.0 Å². The van der Waals surface area contributed by atoms with Gasteiger partial charge in [-0.2, -0.15) is 0 Å². The molecule has 2 aromatic heterocycles. The average Bonchev–Trinajstić information content (AvgIpc) is 3.22. The summed E-state index contributed by atoms with van der Waals surface area (Å²) < 4.78 is 41.1. The Labute approximate surface area is 139 Å². The summed E-state index contributed by atoms with van der Waals surface area (Å²) in [5, 5.41) is 3.36. The molecule has 1 fully saturated rings. The summed E-state index contributed by atoms with van der Waals surface area (Å²) >= 11 is 0. The number of aromatic nitrogens is 2. The normalized spacial score (nSPS) is 18.3. The first-order valence-corrected chi connectivity index (χ1v) is 9.22. The molecule has 1 atom stereocenters. The van der Waals surface area contributed by atoms with Crippen LogP contribution in [0.25, 0.3) is 11.0 Å². The Hall–Kier alpha value is -2.25. The molecule has 0 radical (unpaired) electrons. The van der Waals surface area contributed by atoms with E-state index in [1.807, 2.05) is 0 Å². The van der Waals surface area contributed by atoms with E-state index >= 15 is 0 Å². The number of hydrogen-bond acceptors (Lipinski definition) is 4. The van der Waals surface area contributed by atoms with Gasteiger partial charge in [0.1, 0.15) is 10.7 Å². The highest BCUT2D eigenvalue weighted by Gasteiger charge is 2.28. The smallest absolute Gasteiger partial charge is 0.271 e. The minimum absolute atomic E-state index is 0.0690. The Kier molecular flexibility index (Phi) is 3.62. The number of nitrogens with one attached hydrogen (secondary N) is 1. The summed E-state index contributed by atoms with van der Waals surface area (Å²) in [6, 6.07) is 8.85. The maximum atomic E-state index is 14.1. The summed E-state index contributed by atoms with van der Waals surface area (Å²) in [5.41, 5.74) is 1.93. The zero-order chi connectivity index (χ0) is 16.7. The third-order valence-electron chi connectivity index (χ3n) is 4.36. The molecule has 0 amide bonds. The summed E-state index contributed by atoms with van der Waals surface area (Å²) in [6.45, 7) is 0.893. The molecule has 0 bridgehead atoms. The van der Waals surface area contributed by atoms with Crippen LogP contribution in [0.5, 0.6) is 0 Å². The standard InChI is InChI=1S/C17H16FN3O2S/c18-13-5-1-2-8-16(13)24(22,23)21-11-12(14-6-3-9-19-14)17-15(21)7-4-10-20-17/h1-2,4-5,7-8,10-11,14,19H,3,6,9H2. The van der Waals surface area contributed by atoms with Gasteiger partial charge in [-0.3, -0.25) is 4.98 Å². The number of rotatable bonds is 3. The van der Waals surface area contributed by atoms with Crippen LogP contribution in [-0.4, -0.2) is 23.9 Å². The lowest BCUT2D eigenvalue weighted by Gasteiger charge is -2.08. The zero-order valence-electron chi connectivity index (χ0n) is 12.8. The van der Waals surface area contributed by atoms with Gasteiger partial charge in [0, 0.05) is 24.0 Å². The third kappa shape index (κ3) is 2.32. The first-order chi connectivity index (χ1) is 11.6. The maximum Gasteiger partial charge on any atom is 0.271 e. The molecule has 5 nitrogen and oxygen atoms in total. The minimum Gasteiger partial charge on any atom is -0.310 e. The highest BCUT2D eigenvalue weighted by Crippen LogP contribution is 2.32. The van der Waals surface area contributed by atoms with Crippen LogP contribution in [0, 0.1) is 5.82 Å². The van der Waals surface area contributed by atoms with Crippen LogP contribution in [0.1, 0.15) is 24.4 Å². The second-order valence-electron chi connectivity index (χ2n) is 5.84. The molecule has 1 aliphatic heterocycles. The first-order valence-electron chi connectivity index (χ1n) is 7.78. The van der Waals surface area contributed by atoms with Crippen molar-refractivity contribution in [2.45, 2.75) is 23.8 Å². The number of fused-ring (bicyclic) bond motifs is 1. The van der Waals surface area contributed by atoms with Gasteiger partial charge < -0.3 is 5.32 Å². The maximum absolute atomic E-state index is 14.1. The number of nitrogens with zero attached hydrogens (tertiary/aromatic N) is 2. The van der Waals surface area contributed by atoms with Gasteiger partial charge >= 0.3 is 0 Å². The number of halogens is 1. The van der Waals surface area contributed by atoms with Crippen molar-refractivity contribution in [3.05, 3.63) is 60.2 Å². The van der Waals surface area contributed by atoms with E-state index in [1.165, 1.54) is 18.2 Å². The Morgan fingerprint density at radius 2 is 2.04 bits per heavy atom. The predicted molar refractivity (Wildman–Crippen MR) is 88.7 cm³/mol. The molecule has 4 rings (SSSR count). The SMILES string of the molecule is O=S(=O)(c1ccccc1F)n1cc(C2CCCN2)c2ncccc21. The van der Waals surface area contributed by atoms with E-state index in [9.17, 15) is 12.8 Å². The molecule has 3 heterocycles. The summed E-state index contributed by atoms with van der Waals surface area (Å²) in [5.74, 6) is -0.760. The van der Waals surface area contributed by atoms with Crippen LogP contribution in [0.15, 0.2) is 53.7 Å². The molecule has 0 spiro atoms. The molecule has 1 N–H and O–H groups in total. The van der Waals surface area contributed by atoms with E-state index in [4.69, 9.17) is 0 Å². The summed E-state index contributed by atoms with van der Waals surface area (Å²) in [4.78, 5) is 4.02. The van der Waals surface area contributed by atoms with Gasteiger partial charge in [0.05, 0.1) is 11.0 Å². The van der Waals surface area contributed by atoms with Gasteiger partial charge in [-0.15, -0.1) is 0 Å². The Morgan fingerprint density at radius 1 is 1.21 bits per heavy atom. The van der Waals surface area contributed by atoms with E-state index in [2.05, 4.69) is 10.3 Å². The lowest BCUT2D eigenvalue weighted by Crippen LogP contribution is -2.15. The lowest BCUT2D eigenvalue weighted by molar-refractivity contribution is 0.561. The Morgan fingerprint density at radius 3 is 2.79 bits per heavy atom. The van der Waals surface area contributed by atoms with Crippen molar-refractivity contribution in [3.63, 3.8) is 0 Å². The molecule has 3 aromatic rings. The van der Waals surface area contributed by atoms with Crippen LogP contribution < -0.4 is 5.32 Å². The van der Waals surface area contributed by atoms with Crippen molar-refractivity contribution >= 4 is 21.1 Å². The lowest BCUT2D eigenvalue weighted by atomic mass is 10.1. The summed E-state index contributed by atoms with van der Waals surface area (Å²) in [6.07, 6.45) is 5.17. The number of benzene rings is 1. The fourth-order valence-electron chi connectivity index (χ4n) is 3.22. The van der Waals surface area contributed by atoms with Gasteiger partial charge in [0.15, 0.2) is 0 Å². The van der Waals surface area contributed by atoms with E-state index in [0.717, 1.165) is 35.0 Å². The quantitative estimate of drug-likeness (QED) is 0.793. The van der Waals surface area contributed by atoms with Crippen LogP contribution in [-0.2, 0) is 10.0 Å². The topological polar surface area (TPSA) is 64.0 Å². The number of hydrogen-bond donors (Lipinski definition) is 1. The van der Waals surface area contributed by atoms with Crippen molar-refractivity contribution in [3.8, 4) is 0 Å². The molecule has 1 aliphatic rings. The van der Waals surface area contributed by atoms with Crippen molar-refractivity contribution in [2.24, 2.45) is 0 Å². The molecule has 24 heavy (non-hydrogen) atoms. The van der Waals surface area contributed by atoms with Crippen molar-refractivity contribution in [1.82, 2.24) is 14.3 Å². The molecule has 0 saturated carbocycles. The van der Waals surface area contributed by atoms with Crippen LogP contribution >= 0.6 is 0 Å². The average molecular weight is 345 g/mol. The van der Waals surface area contributed by atoms with Gasteiger partial charge in [0.25, 0.3) is 10.0 Å². The fraction of sp³-hybridized carbons (Fsp3) is 0.235. The molecule has 1 saturated heterocycles. The van der Waals surface area contributed by atoms with E-state index in [-0.39, 0.29) is 10.9 Å². The van der Waals surface area contributed by atoms with Crippen LogP contribution in [0.3, 0.4) is 0 Å². The largest absolute Gasteiger partial charge is 0.310 e. The molecule has 1 unspecified atom stereocenters. The van der Waals surface area contributed by atoms with Crippen LogP contribution in [0.2, 0.25) is 0 Å². The van der Waals surface area contributed by atoms with Gasteiger partial charge in [-0.25, -0.2) is 16.8 Å². The highest BCUT2D eigenvalue weighted by atomic mass is 32.2. The molecular weight excluding hydrogens is 329 g/mol. The molecule has 1 aromatic carbocycles. The van der Waals surface area contributed by atoms with E-state index in [1.54, 1.807) is 24.5 Å². The molecule has 0 aliphatic carbocycles. The van der Waals surface area contributed by atoms with Crippen molar-refractivity contribution in [2.75, 3.05) is 6.54 Å². The second kappa shape index (κ2) is 5.68.